The van der Waals surface area contributed by atoms with E-state index < -0.39 is 0 Å². The summed E-state index contributed by atoms with van der Waals surface area (Å²) < 4.78 is 5.00. The number of carbonyl (C=O) groups is 1. The summed E-state index contributed by atoms with van der Waals surface area (Å²) in [6, 6.07) is -0.284. The smallest absolute Gasteiger partial charge is 0.323 e. The summed E-state index contributed by atoms with van der Waals surface area (Å²) in [5.41, 5.74) is 1.40. The van der Waals surface area contributed by atoms with Crippen molar-refractivity contribution in [2.24, 2.45) is 23.2 Å². The molecule has 1 atom stereocenters. The Bertz CT molecular complexity index is 519. The highest BCUT2D eigenvalue weighted by molar-refractivity contribution is 5.75. The van der Waals surface area contributed by atoms with Crippen LogP contribution in [0.4, 0.5) is 0 Å². The molecular weight excluding hydrogens is 290 g/mol. The minimum Gasteiger partial charge on any atom is -0.468 e. The predicted octanol–water partition coefficient (Wildman–Crippen LogP) is 2.30. The number of esters is 1. The van der Waals surface area contributed by atoms with Crippen LogP contribution in [0.25, 0.3) is 0 Å². The van der Waals surface area contributed by atoms with Crippen LogP contribution in [0.1, 0.15) is 44.2 Å². The third-order valence-corrected chi connectivity index (χ3v) is 6.35. The lowest BCUT2D eigenvalue weighted by molar-refractivity contribution is -0.143. The van der Waals surface area contributed by atoms with Gasteiger partial charge in [-0.1, -0.05) is 0 Å². The van der Waals surface area contributed by atoms with Gasteiger partial charge in [-0.3, -0.25) is 4.79 Å². The quantitative estimate of drug-likeness (QED) is 0.790. The molecule has 0 saturated heterocycles. The van der Waals surface area contributed by atoms with Crippen LogP contribution in [0, 0.1) is 23.2 Å². The summed E-state index contributed by atoms with van der Waals surface area (Å²) >= 11 is 0. The van der Waals surface area contributed by atoms with Gasteiger partial charge < -0.3 is 15.0 Å². The zero-order chi connectivity index (χ0) is 15.9. The first-order chi connectivity index (χ1) is 11.2. The summed E-state index contributed by atoms with van der Waals surface area (Å²) in [5, 5.41) is 3.54. The van der Waals surface area contributed by atoms with Crippen molar-refractivity contribution in [2.75, 3.05) is 13.7 Å². The van der Waals surface area contributed by atoms with Crippen molar-refractivity contribution >= 4 is 5.97 Å². The number of carbonyl (C=O) groups excluding carboxylic acids is 1. The van der Waals surface area contributed by atoms with Crippen molar-refractivity contribution in [3.8, 4) is 0 Å². The fraction of sp³-hybridized carbons (Fsp3) is 0.778. The van der Waals surface area contributed by atoms with E-state index in [1.165, 1.54) is 45.6 Å². The number of rotatable bonds is 6. The van der Waals surface area contributed by atoms with Crippen molar-refractivity contribution in [3.05, 3.63) is 18.2 Å². The van der Waals surface area contributed by atoms with Gasteiger partial charge in [-0.05, 0) is 61.7 Å². The number of imidazole rings is 1. The molecule has 4 fully saturated rings. The van der Waals surface area contributed by atoms with Crippen molar-refractivity contribution in [1.29, 1.82) is 0 Å². The summed E-state index contributed by atoms with van der Waals surface area (Å²) in [4.78, 5) is 19.3. The lowest BCUT2D eigenvalue weighted by Gasteiger charge is -2.57. The number of hydrogen-bond acceptors (Lipinski definition) is 4. The van der Waals surface area contributed by atoms with E-state index in [0.717, 1.165) is 30.0 Å². The Morgan fingerprint density at radius 3 is 2.52 bits per heavy atom. The first-order valence-electron chi connectivity index (χ1n) is 8.94. The van der Waals surface area contributed by atoms with E-state index in [2.05, 4.69) is 15.3 Å². The summed E-state index contributed by atoms with van der Waals surface area (Å²) in [7, 11) is 1.47. The molecule has 1 aromatic heterocycles. The molecule has 2 N–H and O–H groups in total. The monoisotopic (exact) mass is 317 g/mol. The van der Waals surface area contributed by atoms with Crippen LogP contribution < -0.4 is 5.32 Å². The molecule has 5 heteroatoms. The maximum Gasteiger partial charge on any atom is 0.323 e. The molecule has 4 aliphatic carbocycles. The second kappa shape index (κ2) is 5.93. The second-order valence-corrected chi connectivity index (χ2v) is 8.16. The van der Waals surface area contributed by atoms with Crippen LogP contribution in [0.3, 0.4) is 0 Å². The molecule has 0 aliphatic heterocycles. The molecule has 5 nitrogen and oxygen atoms in total. The molecule has 0 aromatic carbocycles. The molecule has 5 rings (SSSR count). The number of aromatic amines is 1. The third-order valence-electron chi connectivity index (χ3n) is 6.35. The first-order valence-corrected chi connectivity index (χ1v) is 8.94. The van der Waals surface area contributed by atoms with Gasteiger partial charge in [-0.25, -0.2) is 4.98 Å². The molecule has 4 saturated carbocycles. The van der Waals surface area contributed by atoms with Gasteiger partial charge in [0.05, 0.1) is 13.4 Å². The van der Waals surface area contributed by atoms with E-state index in [1.807, 2.05) is 0 Å². The Hall–Kier alpha value is -1.36. The van der Waals surface area contributed by atoms with Crippen molar-refractivity contribution in [2.45, 2.75) is 51.0 Å². The van der Waals surface area contributed by atoms with E-state index in [0.29, 0.717) is 11.8 Å². The van der Waals surface area contributed by atoms with Crippen LogP contribution in [0.15, 0.2) is 12.5 Å². The Morgan fingerprint density at radius 1 is 1.35 bits per heavy atom. The highest BCUT2D eigenvalue weighted by atomic mass is 16.5. The molecule has 0 unspecified atom stereocenters. The minimum absolute atomic E-state index is 0.177. The first kappa shape index (κ1) is 15.2. The molecule has 1 heterocycles. The average molecular weight is 317 g/mol. The van der Waals surface area contributed by atoms with E-state index in [9.17, 15) is 4.79 Å². The fourth-order valence-electron chi connectivity index (χ4n) is 5.84. The second-order valence-electron chi connectivity index (χ2n) is 8.16. The largest absolute Gasteiger partial charge is 0.468 e. The highest BCUT2D eigenvalue weighted by Gasteiger charge is 2.50. The maximum atomic E-state index is 12.1. The van der Waals surface area contributed by atoms with E-state index in [4.69, 9.17) is 4.74 Å². The van der Waals surface area contributed by atoms with Gasteiger partial charge >= 0.3 is 5.97 Å². The summed E-state index contributed by atoms with van der Waals surface area (Å²) in [5.74, 6) is 2.64. The summed E-state index contributed by atoms with van der Waals surface area (Å²) in [6.45, 7) is 0.949. The molecule has 0 amide bonds. The molecule has 4 bridgehead atoms. The Balaban J connectivity index is 1.42. The lowest BCUT2D eigenvalue weighted by Crippen LogP contribution is -2.53. The number of H-pyrrole nitrogens is 1. The highest BCUT2D eigenvalue weighted by Crippen LogP contribution is 2.59. The minimum atomic E-state index is -0.284. The van der Waals surface area contributed by atoms with Crippen LogP contribution in [-0.2, 0) is 16.0 Å². The Kier molecular flexibility index (Phi) is 3.92. The number of nitrogens with zero attached hydrogens (tertiary/aromatic N) is 1. The molecule has 4 aliphatic rings. The van der Waals surface area contributed by atoms with Gasteiger partial charge in [0.1, 0.15) is 6.04 Å². The molecule has 0 radical (unpaired) electrons. The van der Waals surface area contributed by atoms with Crippen LogP contribution in [0.5, 0.6) is 0 Å². The molecule has 23 heavy (non-hydrogen) atoms. The van der Waals surface area contributed by atoms with Gasteiger partial charge in [0, 0.05) is 24.9 Å². The van der Waals surface area contributed by atoms with Gasteiger partial charge in [-0.2, -0.15) is 0 Å². The zero-order valence-corrected chi connectivity index (χ0v) is 13.9. The van der Waals surface area contributed by atoms with Crippen molar-refractivity contribution < 1.29 is 9.53 Å². The molecule has 126 valence electrons. The predicted molar refractivity (Wildman–Crippen MR) is 86.7 cm³/mol. The SMILES string of the molecule is COC(=O)[C@H](Cc1cnc[nH]1)NCC12CC3CC(CC(C3)C1)C2. The van der Waals surface area contributed by atoms with Crippen LogP contribution >= 0.6 is 0 Å². The normalized spacial score (nSPS) is 36.1. The Labute approximate surface area is 137 Å². The molecule has 1 aromatic rings. The van der Waals surface area contributed by atoms with Crippen molar-refractivity contribution in [1.82, 2.24) is 15.3 Å². The lowest BCUT2D eigenvalue weighted by atomic mass is 9.49. The standard InChI is InChI=1S/C18H27N3O2/c1-23-17(22)16(5-15-9-19-11-21-15)20-10-18-6-12-2-13(7-18)4-14(3-12)8-18/h9,11-14,16,20H,2-8,10H2,1H3,(H,19,21)/t12?,13?,14?,16-,18?/m0/s1. The number of nitrogens with one attached hydrogen (secondary N) is 2. The van der Waals surface area contributed by atoms with Crippen LogP contribution in [-0.4, -0.2) is 35.6 Å². The average Bonchev–Trinajstić information content (AvgIpc) is 3.02. The van der Waals surface area contributed by atoms with Gasteiger partial charge in [0.2, 0.25) is 0 Å². The summed E-state index contributed by atoms with van der Waals surface area (Å²) in [6.07, 6.45) is 12.5. The van der Waals surface area contributed by atoms with Crippen molar-refractivity contribution in [3.63, 3.8) is 0 Å². The van der Waals surface area contributed by atoms with E-state index >= 15 is 0 Å². The number of aromatic nitrogens is 2. The zero-order valence-electron chi connectivity index (χ0n) is 13.9. The van der Waals surface area contributed by atoms with E-state index in [-0.39, 0.29) is 12.0 Å². The third kappa shape index (κ3) is 3.03. The topological polar surface area (TPSA) is 67.0 Å². The maximum absolute atomic E-state index is 12.1. The van der Waals surface area contributed by atoms with Crippen LogP contribution in [0.2, 0.25) is 0 Å². The molecule has 0 spiro atoms. The van der Waals surface area contributed by atoms with Gasteiger partial charge in [0.15, 0.2) is 0 Å². The number of hydrogen-bond donors (Lipinski definition) is 2. The molecular formula is C18H27N3O2. The van der Waals surface area contributed by atoms with E-state index in [1.54, 1.807) is 12.5 Å². The van der Waals surface area contributed by atoms with Gasteiger partial charge in [0.25, 0.3) is 0 Å². The number of methoxy groups -OCH3 is 1. The number of ether oxygens (including phenoxy) is 1. The fourth-order valence-corrected chi connectivity index (χ4v) is 5.84. The van der Waals surface area contributed by atoms with Gasteiger partial charge in [-0.15, -0.1) is 0 Å². The Morgan fingerprint density at radius 2 is 2.00 bits per heavy atom.